The van der Waals surface area contributed by atoms with Crippen LogP contribution in [0.15, 0.2) is 65.7 Å². The Labute approximate surface area is 188 Å². The lowest BCUT2D eigenvalue weighted by atomic mass is 10.1. The molecule has 32 heavy (non-hydrogen) atoms. The van der Waals surface area contributed by atoms with Crippen LogP contribution in [0.3, 0.4) is 0 Å². The van der Waals surface area contributed by atoms with Crippen LogP contribution >= 0.6 is 11.8 Å². The van der Waals surface area contributed by atoms with E-state index in [-0.39, 0.29) is 24.2 Å². The predicted molar refractivity (Wildman–Crippen MR) is 121 cm³/mol. The average Bonchev–Trinajstić information content (AvgIpc) is 2.76. The Bertz CT molecular complexity index is 1110. The molecule has 0 saturated carbocycles. The minimum absolute atomic E-state index is 0.0513. The van der Waals surface area contributed by atoms with E-state index in [2.05, 4.69) is 10.3 Å². The molecule has 1 unspecified atom stereocenters. The number of aromatic nitrogens is 1. The molecule has 4 rings (SSSR count). The van der Waals surface area contributed by atoms with Crippen molar-refractivity contribution in [3.8, 4) is 0 Å². The summed E-state index contributed by atoms with van der Waals surface area (Å²) in [6, 6.07) is 14.9. The first-order valence-electron chi connectivity index (χ1n) is 10.1. The number of aryl methyl sites for hydroxylation is 1. The number of fused-ring (bicyclic) bond motifs is 1. The summed E-state index contributed by atoms with van der Waals surface area (Å²) in [5, 5.41) is 3.40. The maximum absolute atomic E-state index is 12.9. The molecule has 0 bridgehead atoms. The third-order valence-electron chi connectivity index (χ3n) is 5.36. The molecule has 1 atom stereocenters. The summed E-state index contributed by atoms with van der Waals surface area (Å²) in [4.78, 5) is 19.8. The zero-order valence-electron chi connectivity index (χ0n) is 17.6. The van der Waals surface area contributed by atoms with E-state index < -0.39 is 11.7 Å². The second kappa shape index (κ2) is 8.86. The molecule has 2 heterocycles. The van der Waals surface area contributed by atoms with Crippen LogP contribution in [0.25, 0.3) is 0 Å². The van der Waals surface area contributed by atoms with Gasteiger partial charge in [-0.3, -0.25) is 4.79 Å². The lowest BCUT2D eigenvalue weighted by Gasteiger charge is -2.31. The molecule has 166 valence electrons. The van der Waals surface area contributed by atoms with E-state index in [9.17, 15) is 18.0 Å². The molecule has 2 aromatic carbocycles. The second-order valence-corrected chi connectivity index (χ2v) is 8.76. The highest BCUT2D eigenvalue weighted by molar-refractivity contribution is 8.00. The number of nitrogens with one attached hydrogen (secondary N) is 1. The largest absolute Gasteiger partial charge is 0.416 e. The van der Waals surface area contributed by atoms with Crippen LogP contribution in [0.4, 0.5) is 24.7 Å². The number of alkyl halides is 3. The van der Waals surface area contributed by atoms with Gasteiger partial charge < -0.3 is 10.2 Å². The summed E-state index contributed by atoms with van der Waals surface area (Å²) in [7, 11) is 0. The Morgan fingerprint density at radius 2 is 1.78 bits per heavy atom. The van der Waals surface area contributed by atoms with Crippen molar-refractivity contribution < 1.29 is 18.0 Å². The average molecular weight is 458 g/mol. The maximum atomic E-state index is 12.9. The van der Waals surface area contributed by atoms with Crippen molar-refractivity contribution in [3.05, 3.63) is 83.0 Å². The first-order valence-corrected chi connectivity index (χ1v) is 11.1. The van der Waals surface area contributed by atoms with E-state index in [4.69, 9.17) is 0 Å². The van der Waals surface area contributed by atoms with Gasteiger partial charge in [0, 0.05) is 11.1 Å². The van der Waals surface area contributed by atoms with Crippen LogP contribution < -0.4 is 10.2 Å². The number of nitrogens with zero attached hydrogens (tertiary/aromatic N) is 2. The molecular weight excluding hydrogens is 435 g/mol. The van der Waals surface area contributed by atoms with Crippen molar-refractivity contribution in [2.24, 2.45) is 0 Å². The molecule has 0 fully saturated rings. The van der Waals surface area contributed by atoms with Crippen LogP contribution in [0.2, 0.25) is 0 Å². The van der Waals surface area contributed by atoms with Crippen LogP contribution in [0.5, 0.6) is 0 Å². The molecule has 0 aliphatic carbocycles. The molecular formula is C24H22F3N3OS. The molecule has 0 spiro atoms. The van der Waals surface area contributed by atoms with Crippen molar-refractivity contribution in [1.82, 2.24) is 4.98 Å². The normalized spacial score (nSPS) is 14.8. The summed E-state index contributed by atoms with van der Waals surface area (Å²) in [5.74, 6) is 0.731. The number of hydrogen-bond donors (Lipinski definition) is 1. The Hall–Kier alpha value is -3.00. The molecule has 4 nitrogen and oxygen atoms in total. The summed E-state index contributed by atoms with van der Waals surface area (Å²) >= 11 is 1.44. The van der Waals surface area contributed by atoms with E-state index >= 15 is 0 Å². The zero-order chi connectivity index (χ0) is 22.9. The minimum Gasteiger partial charge on any atom is -0.362 e. The first-order chi connectivity index (χ1) is 15.2. The van der Waals surface area contributed by atoms with Crippen molar-refractivity contribution >= 4 is 29.2 Å². The number of halogens is 3. The lowest BCUT2D eigenvalue weighted by molar-refractivity contribution is -0.137. The minimum atomic E-state index is -4.39. The predicted octanol–water partition coefficient (Wildman–Crippen LogP) is 6.22. The smallest absolute Gasteiger partial charge is 0.362 e. The van der Waals surface area contributed by atoms with E-state index in [1.807, 2.05) is 44.2 Å². The molecule has 1 aliphatic rings. The Kier molecular flexibility index (Phi) is 6.15. The topological polar surface area (TPSA) is 45.2 Å². The number of rotatable bonds is 5. The Morgan fingerprint density at radius 3 is 2.44 bits per heavy atom. The molecule has 3 aromatic rings. The highest BCUT2D eigenvalue weighted by Crippen LogP contribution is 2.41. The number of pyridine rings is 1. The maximum Gasteiger partial charge on any atom is 0.416 e. The van der Waals surface area contributed by atoms with Crippen molar-refractivity contribution in [2.45, 2.75) is 37.5 Å². The van der Waals surface area contributed by atoms with Gasteiger partial charge in [-0.05, 0) is 43.2 Å². The van der Waals surface area contributed by atoms with Gasteiger partial charge in [-0.2, -0.15) is 13.2 Å². The number of carbonyl (C=O) groups excluding carboxylic acids is 1. The number of amides is 1. The molecule has 0 radical (unpaired) electrons. The van der Waals surface area contributed by atoms with Gasteiger partial charge in [0.05, 0.1) is 23.9 Å². The summed E-state index contributed by atoms with van der Waals surface area (Å²) < 4.78 is 38.7. The third-order valence-corrected chi connectivity index (χ3v) is 6.39. The standard InChI is InChI=1S/C24H22F3N3OS/c1-15-3-7-18(8-4-15)16(2)29-23-22-20(11-12-28-23)32-14-21(31)30(22)13-17-5-9-19(10-6-17)24(25,26)27/h3-12,16H,13-14H2,1-2H3,(H,28,29). The Balaban J connectivity index is 1.63. The number of carbonyl (C=O) groups is 1. The molecule has 1 N–H and O–H groups in total. The van der Waals surface area contributed by atoms with Gasteiger partial charge in [-0.25, -0.2) is 4.98 Å². The molecule has 8 heteroatoms. The van der Waals surface area contributed by atoms with E-state index in [0.29, 0.717) is 17.1 Å². The fraction of sp³-hybridized carbons (Fsp3) is 0.250. The van der Waals surface area contributed by atoms with Crippen molar-refractivity contribution in [3.63, 3.8) is 0 Å². The summed E-state index contributed by atoms with van der Waals surface area (Å²) in [6.45, 7) is 4.21. The lowest BCUT2D eigenvalue weighted by Crippen LogP contribution is -2.35. The van der Waals surface area contributed by atoms with E-state index in [1.54, 1.807) is 11.1 Å². The number of thioether (sulfide) groups is 1. The summed E-state index contributed by atoms with van der Waals surface area (Å²) in [5.41, 5.74) is 2.82. The SMILES string of the molecule is Cc1ccc(C(C)Nc2nccc3c2N(Cc2ccc(C(F)(F)F)cc2)C(=O)CS3)cc1. The fourth-order valence-corrected chi connectivity index (χ4v) is 4.49. The quantitative estimate of drug-likeness (QED) is 0.494. The molecule has 1 amide bonds. The van der Waals surface area contributed by atoms with Gasteiger partial charge >= 0.3 is 6.18 Å². The highest BCUT2D eigenvalue weighted by Gasteiger charge is 2.31. The van der Waals surface area contributed by atoms with Crippen molar-refractivity contribution in [2.75, 3.05) is 16.0 Å². The van der Waals surface area contributed by atoms with Crippen LogP contribution in [-0.2, 0) is 17.5 Å². The molecule has 0 saturated heterocycles. The Morgan fingerprint density at radius 1 is 1.09 bits per heavy atom. The van der Waals surface area contributed by atoms with Crippen LogP contribution in [0.1, 0.15) is 35.2 Å². The van der Waals surface area contributed by atoms with Crippen molar-refractivity contribution in [1.29, 1.82) is 0 Å². The van der Waals surface area contributed by atoms with Gasteiger partial charge in [0.1, 0.15) is 5.69 Å². The van der Waals surface area contributed by atoms with Gasteiger partial charge in [-0.15, -0.1) is 11.8 Å². The molecule has 1 aromatic heterocycles. The van der Waals surface area contributed by atoms with Gasteiger partial charge in [0.15, 0.2) is 5.82 Å². The monoisotopic (exact) mass is 457 g/mol. The van der Waals surface area contributed by atoms with E-state index in [1.165, 1.54) is 29.5 Å². The van der Waals surface area contributed by atoms with Gasteiger partial charge in [0.2, 0.25) is 5.91 Å². The molecule has 1 aliphatic heterocycles. The number of anilines is 2. The highest BCUT2D eigenvalue weighted by atomic mass is 32.2. The van der Waals surface area contributed by atoms with Gasteiger partial charge in [-0.1, -0.05) is 42.0 Å². The number of hydrogen-bond acceptors (Lipinski definition) is 4. The van der Waals surface area contributed by atoms with Crippen LogP contribution in [0, 0.1) is 6.92 Å². The van der Waals surface area contributed by atoms with Crippen LogP contribution in [-0.4, -0.2) is 16.6 Å². The van der Waals surface area contributed by atoms with Gasteiger partial charge in [0.25, 0.3) is 0 Å². The van der Waals surface area contributed by atoms with E-state index in [0.717, 1.165) is 22.6 Å². The second-order valence-electron chi connectivity index (χ2n) is 7.75. The summed E-state index contributed by atoms with van der Waals surface area (Å²) in [6.07, 6.45) is -2.70. The fourth-order valence-electron chi connectivity index (χ4n) is 3.55. The third kappa shape index (κ3) is 4.75. The number of benzene rings is 2. The first kappa shape index (κ1) is 22.2. The zero-order valence-corrected chi connectivity index (χ0v) is 18.4.